The van der Waals surface area contributed by atoms with Crippen molar-refractivity contribution in [1.29, 1.82) is 0 Å². The Balaban J connectivity index is 1.63. The van der Waals surface area contributed by atoms with Crippen LogP contribution in [0.15, 0.2) is 12.7 Å². The number of hydrogen-bond acceptors (Lipinski definition) is 2. The molecule has 86 valence electrons. The number of carbonyl (C=O) groups is 1. The zero-order chi connectivity index (χ0) is 10.9. The van der Waals surface area contributed by atoms with Crippen LogP contribution in [0.5, 0.6) is 0 Å². The lowest BCUT2D eigenvalue weighted by Gasteiger charge is -2.50. The van der Waals surface area contributed by atoms with Crippen molar-refractivity contribution in [3.8, 4) is 0 Å². The Morgan fingerprint density at radius 2 is 2.19 bits per heavy atom. The molecule has 6 atom stereocenters. The van der Waals surface area contributed by atoms with Gasteiger partial charge in [0, 0.05) is 12.0 Å². The third-order valence-electron chi connectivity index (χ3n) is 5.93. The Morgan fingerprint density at radius 3 is 3.00 bits per heavy atom. The van der Waals surface area contributed by atoms with Crippen molar-refractivity contribution >= 4 is 5.97 Å². The number of fused-ring (bicyclic) bond motifs is 2. The highest BCUT2D eigenvalue weighted by Gasteiger charge is 2.71. The molecule has 3 bridgehead atoms. The first kappa shape index (κ1) is 9.26. The molecular formula is C14H18O2. The van der Waals surface area contributed by atoms with Gasteiger partial charge in [-0.3, -0.25) is 0 Å². The summed E-state index contributed by atoms with van der Waals surface area (Å²) >= 11 is 0. The van der Waals surface area contributed by atoms with E-state index in [-0.39, 0.29) is 12.1 Å². The van der Waals surface area contributed by atoms with Gasteiger partial charge in [-0.15, -0.1) is 0 Å². The summed E-state index contributed by atoms with van der Waals surface area (Å²) in [6.07, 6.45) is 8.41. The molecule has 0 heterocycles. The van der Waals surface area contributed by atoms with Gasteiger partial charge in [0.25, 0.3) is 0 Å². The first-order chi connectivity index (χ1) is 7.73. The van der Waals surface area contributed by atoms with Crippen LogP contribution in [0.4, 0.5) is 0 Å². The summed E-state index contributed by atoms with van der Waals surface area (Å²) in [4.78, 5) is 11.4. The fraction of sp³-hybridized carbons (Fsp3) is 0.786. The van der Waals surface area contributed by atoms with Crippen molar-refractivity contribution in [1.82, 2.24) is 0 Å². The number of ether oxygens (including phenoxy) is 1. The first-order valence-corrected chi connectivity index (χ1v) is 6.56. The fourth-order valence-corrected chi connectivity index (χ4v) is 5.57. The molecule has 0 radical (unpaired) electrons. The molecule has 4 fully saturated rings. The van der Waals surface area contributed by atoms with Crippen molar-refractivity contribution in [2.45, 2.75) is 38.2 Å². The Hall–Kier alpha value is -0.790. The highest BCUT2D eigenvalue weighted by atomic mass is 16.5. The summed E-state index contributed by atoms with van der Waals surface area (Å²) in [5.41, 5.74) is 0.611. The summed E-state index contributed by atoms with van der Waals surface area (Å²) in [6, 6.07) is 0. The molecule has 0 aromatic rings. The smallest absolute Gasteiger partial charge is 0.330 e. The van der Waals surface area contributed by atoms with Gasteiger partial charge in [0.15, 0.2) is 0 Å². The normalized spacial score (nSPS) is 55.6. The van der Waals surface area contributed by atoms with Crippen LogP contribution in [-0.4, -0.2) is 12.1 Å². The van der Waals surface area contributed by atoms with E-state index >= 15 is 0 Å². The topological polar surface area (TPSA) is 26.3 Å². The molecule has 4 saturated carbocycles. The molecule has 0 aromatic heterocycles. The molecule has 16 heavy (non-hydrogen) atoms. The average molecular weight is 218 g/mol. The summed E-state index contributed by atoms with van der Waals surface area (Å²) in [6.45, 7) is 3.50. The maximum absolute atomic E-state index is 11.4. The van der Waals surface area contributed by atoms with Crippen molar-refractivity contribution in [2.24, 2.45) is 29.1 Å². The van der Waals surface area contributed by atoms with Crippen molar-refractivity contribution in [3.63, 3.8) is 0 Å². The third kappa shape index (κ3) is 0.884. The van der Waals surface area contributed by atoms with Crippen LogP contribution < -0.4 is 0 Å². The van der Waals surface area contributed by atoms with Gasteiger partial charge in [0.1, 0.15) is 6.10 Å². The van der Waals surface area contributed by atoms with Crippen LogP contribution in [0.1, 0.15) is 32.1 Å². The number of hydrogen-bond donors (Lipinski definition) is 0. The predicted octanol–water partition coefficient (Wildman–Crippen LogP) is 2.54. The quantitative estimate of drug-likeness (QED) is 0.526. The van der Waals surface area contributed by atoms with E-state index in [0.717, 1.165) is 11.8 Å². The molecule has 4 rings (SSSR count). The molecule has 0 aliphatic heterocycles. The monoisotopic (exact) mass is 218 g/mol. The number of rotatable bonds is 2. The van der Waals surface area contributed by atoms with E-state index < -0.39 is 0 Å². The van der Waals surface area contributed by atoms with Crippen molar-refractivity contribution < 1.29 is 9.53 Å². The first-order valence-electron chi connectivity index (χ1n) is 6.56. The van der Waals surface area contributed by atoms with Crippen LogP contribution >= 0.6 is 0 Å². The van der Waals surface area contributed by atoms with E-state index in [4.69, 9.17) is 4.74 Å². The maximum atomic E-state index is 11.4. The largest absolute Gasteiger partial charge is 0.459 e. The second kappa shape index (κ2) is 2.72. The summed E-state index contributed by atoms with van der Waals surface area (Å²) in [5, 5.41) is 0. The zero-order valence-electron chi connectivity index (χ0n) is 9.52. The summed E-state index contributed by atoms with van der Waals surface area (Å²) < 4.78 is 5.62. The second-order valence-electron chi connectivity index (χ2n) is 6.38. The average Bonchev–Trinajstić information content (AvgIpc) is 2.56. The standard InChI is InChI=1S/C14H18O2/c1-2-12(15)16-13-9-3-8-4-10-5-11(13)14(10,6-8)7-9/h2,8-11,13H,1,3-7H2. The van der Waals surface area contributed by atoms with Crippen LogP contribution in [0, 0.1) is 29.1 Å². The molecular weight excluding hydrogens is 200 g/mol. The highest BCUT2D eigenvalue weighted by molar-refractivity contribution is 5.81. The van der Waals surface area contributed by atoms with E-state index in [9.17, 15) is 4.79 Å². The Labute approximate surface area is 96.0 Å². The van der Waals surface area contributed by atoms with Crippen molar-refractivity contribution in [2.75, 3.05) is 0 Å². The summed E-state index contributed by atoms with van der Waals surface area (Å²) in [7, 11) is 0. The van der Waals surface area contributed by atoms with Gasteiger partial charge in [-0.2, -0.15) is 0 Å². The van der Waals surface area contributed by atoms with E-state index in [1.165, 1.54) is 38.2 Å². The van der Waals surface area contributed by atoms with Crippen molar-refractivity contribution in [3.05, 3.63) is 12.7 Å². The Kier molecular flexibility index (Phi) is 1.57. The number of esters is 1. The van der Waals surface area contributed by atoms with E-state index in [0.29, 0.717) is 17.3 Å². The lowest BCUT2D eigenvalue weighted by molar-refractivity contribution is -0.153. The molecule has 0 saturated heterocycles. The van der Waals surface area contributed by atoms with E-state index in [2.05, 4.69) is 6.58 Å². The van der Waals surface area contributed by atoms with Crippen LogP contribution in [0.3, 0.4) is 0 Å². The van der Waals surface area contributed by atoms with Gasteiger partial charge in [-0.25, -0.2) is 4.79 Å². The van der Waals surface area contributed by atoms with Gasteiger partial charge in [-0.1, -0.05) is 6.58 Å². The van der Waals surface area contributed by atoms with E-state index in [1.807, 2.05) is 0 Å². The van der Waals surface area contributed by atoms with Gasteiger partial charge < -0.3 is 4.74 Å². The van der Waals surface area contributed by atoms with Gasteiger partial charge in [0.2, 0.25) is 0 Å². The molecule has 2 nitrogen and oxygen atoms in total. The highest BCUT2D eigenvalue weighted by Crippen LogP contribution is 2.75. The molecule has 0 amide bonds. The lowest BCUT2D eigenvalue weighted by Crippen LogP contribution is -2.46. The lowest BCUT2D eigenvalue weighted by atomic mass is 9.55. The molecule has 4 aliphatic carbocycles. The maximum Gasteiger partial charge on any atom is 0.330 e. The minimum Gasteiger partial charge on any atom is -0.459 e. The Morgan fingerprint density at radius 1 is 1.31 bits per heavy atom. The Bertz CT molecular complexity index is 375. The zero-order valence-corrected chi connectivity index (χ0v) is 9.52. The van der Waals surface area contributed by atoms with Crippen LogP contribution in [0.2, 0.25) is 0 Å². The SMILES string of the molecule is C=CC(=O)OC1C2CC3CC4CC1C4(C3)C2. The third-order valence-corrected chi connectivity index (χ3v) is 5.93. The van der Waals surface area contributed by atoms with Crippen LogP contribution in [-0.2, 0) is 9.53 Å². The van der Waals surface area contributed by atoms with Gasteiger partial charge in [-0.05, 0) is 55.3 Å². The molecule has 4 aliphatic rings. The summed E-state index contributed by atoms with van der Waals surface area (Å²) in [5.74, 6) is 3.06. The molecule has 2 heteroatoms. The second-order valence-corrected chi connectivity index (χ2v) is 6.38. The molecule has 0 aromatic carbocycles. The fourth-order valence-electron chi connectivity index (χ4n) is 5.57. The molecule has 6 unspecified atom stereocenters. The molecule has 1 spiro atoms. The minimum atomic E-state index is -0.215. The molecule has 0 N–H and O–H groups in total. The predicted molar refractivity (Wildman–Crippen MR) is 59.6 cm³/mol. The van der Waals surface area contributed by atoms with Gasteiger partial charge in [0.05, 0.1) is 0 Å². The van der Waals surface area contributed by atoms with Gasteiger partial charge >= 0.3 is 5.97 Å². The van der Waals surface area contributed by atoms with E-state index in [1.54, 1.807) is 0 Å². The number of carbonyl (C=O) groups excluding carboxylic acids is 1. The van der Waals surface area contributed by atoms with Crippen LogP contribution in [0.25, 0.3) is 0 Å². The minimum absolute atomic E-state index is 0.215.